The average Bonchev–Trinajstić information content (AvgIpc) is 3.23. The molecule has 0 fully saturated rings. The summed E-state index contributed by atoms with van der Waals surface area (Å²) in [5.74, 6) is -0.176. The van der Waals surface area contributed by atoms with Gasteiger partial charge in [-0.3, -0.25) is 9.48 Å². The van der Waals surface area contributed by atoms with Gasteiger partial charge in [0.15, 0.2) is 11.6 Å². The van der Waals surface area contributed by atoms with Crippen LogP contribution < -0.4 is 5.32 Å². The Hall–Kier alpha value is -3.99. The zero-order chi connectivity index (χ0) is 23.0. The van der Waals surface area contributed by atoms with Gasteiger partial charge in [-0.05, 0) is 38.1 Å². The van der Waals surface area contributed by atoms with Gasteiger partial charge in [-0.2, -0.15) is 10.2 Å². The monoisotopic (exact) mass is 454 g/mol. The number of carbonyl (C=O) groups excluding carboxylic acids is 1. The molecule has 0 radical (unpaired) electrons. The van der Waals surface area contributed by atoms with Gasteiger partial charge in [-0.25, -0.2) is 19.0 Å². The van der Waals surface area contributed by atoms with Gasteiger partial charge < -0.3 is 5.32 Å². The molecule has 1 N–H and O–H groups in total. The topological polar surface area (TPSA) is 120 Å². The number of aromatic nitrogens is 6. The zero-order valence-electron chi connectivity index (χ0n) is 17.2. The molecule has 0 aliphatic heterocycles. The molecule has 0 bridgehead atoms. The number of nitrogens with zero attached hydrogens (tertiary/aromatic N) is 7. The summed E-state index contributed by atoms with van der Waals surface area (Å²) in [6, 6.07) is 7.50. The predicted molar refractivity (Wildman–Crippen MR) is 116 cm³/mol. The van der Waals surface area contributed by atoms with Crippen LogP contribution in [0.1, 0.15) is 21.7 Å². The number of hydrogen-bond acceptors (Lipinski definition) is 7. The van der Waals surface area contributed by atoms with E-state index in [4.69, 9.17) is 11.6 Å². The molecule has 1 aromatic carbocycles. The first-order valence-electron chi connectivity index (χ1n) is 9.32. The molecular formula is C20H16ClFN8O2. The number of nitroso groups, excluding NO2 is 1. The Balaban J connectivity index is 1.68. The summed E-state index contributed by atoms with van der Waals surface area (Å²) < 4.78 is 16.3. The number of halogens is 2. The molecule has 0 atom stereocenters. The van der Waals surface area contributed by atoms with E-state index < -0.39 is 5.91 Å². The molecule has 162 valence electrons. The number of anilines is 2. The van der Waals surface area contributed by atoms with E-state index in [9.17, 15) is 14.1 Å². The fraction of sp³-hybridized carbons (Fsp3) is 0.150. The molecule has 0 aliphatic carbocycles. The van der Waals surface area contributed by atoms with E-state index in [1.807, 2.05) is 0 Å². The van der Waals surface area contributed by atoms with E-state index in [-0.39, 0.29) is 11.4 Å². The third-order valence-corrected chi connectivity index (χ3v) is 5.17. The summed E-state index contributed by atoms with van der Waals surface area (Å²) in [7, 11) is 1.72. The maximum absolute atomic E-state index is 13.3. The highest BCUT2D eigenvalue weighted by Crippen LogP contribution is 2.34. The van der Waals surface area contributed by atoms with Crippen LogP contribution in [0.25, 0.3) is 17.1 Å². The molecule has 3 heterocycles. The van der Waals surface area contributed by atoms with Crippen molar-refractivity contribution in [3.63, 3.8) is 0 Å². The first-order valence-corrected chi connectivity index (χ1v) is 9.69. The molecular weight excluding hydrogens is 439 g/mol. The third-order valence-electron chi connectivity index (χ3n) is 4.81. The normalized spacial score (nSPS) is 10.9. The van der Waals surface area contributed by atoms with Crippen molar-refractivity contribution >= 4 is 29.1 Å². The highest BCUT2D eigenvalue weighted by atomic mass is 35.5. The van der Waals surface area contributed by atoms with Gasteiger partial charge in [0.25, 0.3) is 0 Å². The van der Waals surface area contributed by atoms with Crippen LogP contribution in [0, 0.1) is 24.6 Å². The van der Waals surface area contributed by atoms with Crippen LogP contribution in [0.2, 0.25) is 5.02 Å². The van der Waals surface area contributed by atoms with Crippen LogP contribution >= 0.6 is 11.6 Å². The summed E-state index contributed by atoms with van der Waals surface area (Å²) in [6.45, 7) is 3.24. The van der Waals surface area contributed by atoms with Gasteiger partial charge in [0.1, 0.15) is 23.0 Å². The second kappa shape index (κ2) is 8.27. The summed E-state index contributed by atoms with van der Waals surface area (Å²) in [6.07, 6.45) is 1.31. The molecule has 32 heavy (non-hydrogen) atoms. The maximum atomic E-state index is 13.3. The minimum absolute atomic E-state index is 0.129. The number of carbonyl (C=O) groups is 1. The van der Waals surface area contributed by atoms with Crippen LogP contribution in [0.15, 0.2) is 41.8 Å². The molecule has 10 nitrogen and oxygen atoms in total. The molecule has 1 amide bonds. The second-order valence-corrected chi connectivity index (χ2v) is 7.26. The van der Waals surface area contributed by atoms with Crippen molar-refractivity contribution in [2.45, 2.75) is 13.8 Å². The van der Waals surface area contributed by atoms with Gasteiger partial charge in [0.2, 0.25) is 0 Å². The Bertz CT molecular complexity index is 1350. The van der Waals surface area contributed by atoms with Crippen LogP contribution in [0.3, 0.4) is 0 Å². The fourth-order valence-electron chi connectivity index (χ4n) is 3.37. The SMILES string of the molecule is Cc1nn(-c2cc(Nc3nn(C)c(-c4ccc(F)cc4)c3Cl)ncn2)c(C)c1C(=O)N=O. The summed E-state index contributed by atoms with van der Waals surface area (Å²) >= 11 is 6.53. The number of aryl methyl sites for hydroxylation is 2. The number of nitrogens with one attached hydrogen (secondary N) is 1. The van der Waals surface area contributed by atoms with Crippen molar-refractivity contribution in [3.8, 4) is 17.1 Å². The Kier molecular flexibility index (Phi) is 5.49. The van der Waals surface area contributed by atoms with E-state index in [0.29, 0.717) is 45.1 Å². The van der Waals surface area contributed by atoms with Crippen molar-refractivity contribution < 1.29 is 9.18 Å². The van der Waals surface area contributed by atoms with E-state index in [1.165, 1.54) is 23.1 Å². The zero-order valence-corrected chi connectivity index (χ0v) is 17.9. The minimum atomic E-state index is -0.896. The number of hydrogen-bond donors (Lipinski definition) is 1. The quantitative estimate of drug-likeness (QED) is 0.450. The Morgan fingerprint density at radius 3 is 2.56 bits per heavy atom. The minimum Gasteiger partial charge on any atom is -0.322 e. The smallest absolute Gasteiger partial charge is 0.320 e. The van der Waals surface area contributed by atoms with Crippen LogP contribution in [-0.2, 0) is 7.05 Å². The molecule has 4 aromatic rings. The van der Waals surface area contributed by atoms with Crippen molar-refractivity contribution in [3.05, 3.63) is 69.4 Å². The maximum Gasteiger partial charge on any atom is 0.320 e. The lowest BCUT2D eigenvalue weighted by atomic mass is 10.1. The van der Waals surface area contributed by atoms with Crippen LogP contribution in [-0.4, -0.2) is 35.4 Å². The van der Waals surface area contributed by atoms with Gasteiger partial charge in [0.05, 0.1) is 22.6 Å². The summed E-state index contributed by atoms with van der Waals surface area (Å²) in [4.78, 5) is 30.8. The van der Waals surface area contributed by atoms with Crippen molar-refractivity contribution in [2.75, 3.05) is 5.32 Å². The molecule has 3 aromatic heterocycles. The van der Waals surface area contributed by atoms with Crippen molar-refractivity contribution in [2.24, 2.45) is 12.2 Å². The third kappa shape index (κ3) is 3.73. The first kappa shape index (κ1) is 21.2. The fourth-order valence-corrected chi connectivity index (χ4v) is 3.69. The Morgan fingerprint density at radius 1 is 1.16 bits per heavy atom. The summed E-state index contributed by atoms with van der Waals surface area (Å²) in [5.41, 5.74) is 2.21. The van der Waals surface area contributed by atoms with Crippen molar-refractivity contribution in [1.29, 1.82) is 0 Å². The molecule has 0 spiro atoms. The highest BCUT2D eigenvalue weighted by Gasteiger charge is 2.21. The predicted octanol–water partition coefficient (Wildman–Crippen LogP) is 4.12. The summed E-state index contributed by atoms with van der Waals surface area (Å²) in [5, 5.41) is 14.5. The number of amides is 1. The van der Waals surface area contributed by atoms with Gasteiger partial charge >= 0.3 is 5.91 Å². The van der Waals surface area contributed by atoms with Gasteiger partial charge in [-0.1, -0.05) is 11.6 Å². The van der Waals surface area contributed by atoms with Gasteiger partial charge in [-0.15, -0.1) is 4.91 Å². The molecule has 4 rings (SSSR count). The second-order valence-electron chi connectivity index (χ2n) is 6.88. The van der Waals surface area contributed by atoms with E-state index in [1.54, 1.807) is 43.8 Å². The Morgan fingerprint density at radius 2 is 1.88 bits per heavy atom. The highest BCUT2D eigenvalue weighted by molar-refractivity contribution is 6.35. The van der Waals surface area contributed by atoms with Crippen LogP contribution in [0.4, 0.5) is 16.0 Å². The molecule has 0 saturated heterocycles. The molecule has 0 saturated carbocycles. The van der Waals surface area contributed by atoms with E-state index in [0.717, 1.165) is 0 Å². The lowest BCUT2D eigenvalue weighted by Crippen LogP contribution is -2.05. The average molecular weight is 455 g/mol. The molecule has 0 unspecified atom stereocenters. The van der Waals surface area contributed by atoms with E-state index in [2.05, 4.69) is 30.7 Å². The lowest BCUT2D eigenvalue weighted by Gasteiger charge is -2.07. The van der Waals surface area contributed by atoms with Crippen molar-refractivity contribution in [1.82, 2.24) is 29.5 Å². The number of benzene rings is 1. The molecule has 12 heteroatoms. The lowest BCUT2D eigenvalue weighted by molar-refractivity contribution is 0.0999. The van der Waals surface area contributed by atoms with E-state index >= 15 is 0 Å². The standard InChI is InChI=1S/C20H16ClFN8O2/c1-10-16(20(31)28-32)11(2)30(26-10)15-8-14(23-9-24-15)25-19-17(21)18(29(3)27-19)12-4-6-13(22)7-5-12/h4-9H,1-3H3,(H,23,24,25,27). The Labute approximate surface area is 186 Å². The van der Waals surface area contributed by atoms with Crippen LogP contribution in [0.5, 0.6) is 0 Å². The van der Waals surface area contributed by atoms with Gasteiger partial charge in [0, 0.05) is 23.9 Å². The first-order chi connectivity index (χ1) is 15.3. The molecule has 0 aliphatic rings. The largest absolute Gasteiger partial charge is 0.322 e. The number of rotatable bonds is 5.